The second-order valence-corrected chi connectivity index (χ2v) is 11.2. The Morgan fingerprint density at radius 1 is 1.19 bits per heavy atom. The highest BCUT2D eigenvalue weighted by molar-refractivity contribution is 8.01. The summed E-state index contributed by atoms with van der Waals surface area (Å²) in [6.45, 7) is 8.00. The van der Waals surface area contributed by atoms with Crippen molar-refractivity contribution in [2.24, 2.45) is 5.41 Å². The number of carboxylic acids is 1. The van der Waals surface area contributed by atoms with Gasteiger partial charge in [0.15, 0.2) is 5.54 Å². The summed E-state index contributed by atoms with van der Waals surface area (Å²) in [5.74, 6) is -2.58. The predicted octanol–water partition coefficient (Wildman–Crippen LogP) is 1.82. The van der Waals surface area contributed by atoms with Crippen molar-refractivity contribution in [2.75, 3.05) is 6.61 Å². The van der Waals surface area contributed by atoms with Crippen LogP contribution in [-0.2, 0) is 30.3 Å². The average molecular weight is 449 g/mol. The Kier molecular flexibility index (Phi) is 5.86. The summed E-state index contributed by atoms with van der Waals surface area (Å²) in [5.41, 5.74) is -1.71. The van der Waals surface area contributed by atoms with E-state index in [0.29, 0.717) is 0 Å². The molecule has 2 N–H and O–H groups in total. The van der Waals surface area contributed by atoms with Gasteiger partial charge in [-0.2, -0.15) is 0 Å². The molecule has 0 radical (unpaired) electrons. The van der Waals surface area contributed by atoms with Crippen molar-refractivity contribution in [1.82, 2.24) is 10.2 Å². The Bertz CT molecular complexity index is 910. The minimum atomic E-state index is -1.72. The zero-order chi connectivity index (χ0) is 23.2. The van der Waals surface area contributed by atoms with Gasteiger partial charge in [0.1, 0.15) is 18.0 Å². The SMILES string of the molecule is CC(C)(C)C(=O)OC[C@@]1(C(=O)O)N2C(=O)C(NC(=O)Cc3ccccc3)[C@H]2SC1(C)C. The fourth-order valence-corrected chi connectivity index (χ4v) is 5.62. The molecule has 0 spiro atoms. The van der Waals surface area contributed by atoms with Crippen molar-refractivity contribution >= 4 is 35.5 Å². The number of carbonyl (C=O) groups excluding carboxylic acids is 3. The first-order valence-electron chi connectivity index (χ1n) is 10.1. The van der Waals surface area contributed by atoms with Gasteiger partial charge in [-0.05, 0) is 40.2 Å². The lowest BCUT2D eigenvalue weighted by Crippen LogP contribution is -2.77. The molecular weight excluding hydrogens is 420 g/mol. The number of carbonyl (C=O) groups is 4. The summed E-state index contributed by atoms with van der Waals surface area (Å²) >= 11 is 1.29. The van der Waals surface area contributed by atoms with Crippen LogP contribution in [0, 0.1) is 5.41 Å². The van der Waals surface area contributed by atoms with Gasteiger partial charge >= 0.3 is 11.9 Å². The average Bonchev–Trinajstić information content (AvgIpc) is 2.89. The van der Waals surface area contributed by atoms with E-state index >= 15 is 0 Å². The predicted molar refractivity (Wildman–Crippen MR) is 115 cm³/mol. The molecule has 2 heterocycles. The van der Waals surface area contributed by atoms with Gasteiger partial charge in [0.25, 0.3) is 0 Å². The van der Waals surface area contributed by atoms with E-state index in [0.717, 1.165) is 5.56 Å². The molecule has 2 aliphatic heterocycles. The Labute approximate surface area is 185 Å². The third-order valence-electron chi connectivity index (χ3n) is 5.77. The van der Waals surface area contributed by atoms with Crippen LogP contribution in [0.3, 0.4) is 0 Å². The quantitative estimate of drug-likeness (QED) is 0.504. The molecular formula is C22H28N2O6S. The molecule has 31 heavy (non-hydrogen) atoms. The lowest BCUT2D eigenvalue weighted by atomic mass is 9.81. The van der Waals surface area contributed by atoms with E-state index in [1.165, 1.54) is 16.7 Å². The minimum absolute atomic E-state index is 0.124. The second kappa shape index (κ2) is 7.85. The van der Waals surface area contributed by atoms with Crippen molar-refractivity contribution in [2.45, 2.75) is 62.7 Å². The number of thioether (sulfide) groups is 1. The number of hydrogen-bond donors (Lipinski definition) is 2. The van der Waals surface area contributed by atoms with Crippen molar-refractivity contribution in [3.8, 4) is 0 Å². The maximum atomic E-state index is 13.0. The number of amides is 2. The van der Waals surface area contributed by atoms with Crippen LogP contribution in [0.1, 0.15) is 40.2 Å². The normalized spacial score (nSPS) is 26.6. The molecule has 3 rings (SSSR count). The summed E-state index contributed by atoms with van der Waals surface area (Å²) in [7, 11) is 0. The molecule has 3 atom stereocenters. The van der Waals surface area contributed by atoms with Gasteiger partial charge in [0.2, 0.25) is 11.8 Å². The lowest BCUT2D eigenvalue weighted by molar-refractivity contribution is -0.181. The Morgan fingerprint density at radius 2 is 1.81 bits per heavy atom. The zero-order valence-corrected chi connectivity index (χ0v) is 19.1. The van der Waals surface area contributed by atoms with Crippen LogP contribution in [0.2, 0.25) is 0 Å². The van der Waals surface area contributed by atoms with E-state index in [1.807, 2.05) is 30.3 Å². The van der Waals surface area contributed by atoms with Gasteiger partial charge in [0.05, 0.1) is 16.6 Å². The number of hydrogen-bond acceptors (Lipinski definition) is 6. The summed E-state index contributed by atoms with van der Waals surface area (Å²) in [5, 5.41) is 12.3. The first-order valence-corrected chi connectivity index (χ1v) is 10.9. The fraction of sp³-hybridized carbons (Fsp3) is 0.545. The van der Waals surface area contributed by atoms with Crippen LogP contribution in [0.15, 0.2) is 30.3 Å². The third-order valence-corrected chi connectivity index (χ3v) is 7.42. The molecule has 0 bridgehead atoms. The number of benzene rings is 1. The van der Waals surface area contributed by atoms with Gasteiger partial charge in [-0.25, -0.2) is 4.79 Å². The Hall–Kier alpha value is -2.55. The van der Waals surface area contributed by atoms with Crippen LogP contribution >= 0.6 is 11.8 Å². The molecule has 1 unspecified atom stereocenters. The van der Waals surface area contributed by atoms with E-state index in [4.69, 9.17) is 4.74 Å². The van der Waals surface area contributed by atoms with E-state index in [9.17, 15) is 24.3 Å². The molecule has 168 valence electrons. The first-order chi connectivity index (χ1) is 14.3. The smallest absolute Gasteiger partial charge is 0.334 e. The van der Waals surface area contributed by atoms with Crippen LogP contribution in [0.5, 0.6) is 0 Å². The number of esters is 1. The Balaban J connectivity index is 1.78. The number of ether oxygens (including phenoxy) is 1. The maximum absolute atomic E-state index is 13.0. The highest BCUT2D eigenvalue weighted by Gasteiger charge is 2.73. The summed E-state index contributed by atoms with van der Waals surface area (Å²) in [6.07, 6.45) is 0.124. The van der Waals surface area contributed by atoms with Crippen molar-refractivity contribution in [3.05, 3.63) is 35.9 Å². The van der Waals surface area contributed by atoms with Gasteiger partial charge in [-0.3, -0.25) is 14.4 Å². The standard InChI is InChI=1S/C22H28N2O6S/c1-20(2,3)19(29)30-12-22(18(27)28)21(4,5)31-17-15(16(26)24(17)22)23-14(25)11-13-9-7-6-8-10-13/h6-10,15,17H,11-12H2,1-5H3,(H,23,25)(H,27,28)/t15?,17-,22+/m1/s1. The summed E-state index contributed by atoms with van der Waals surface area (Å²) < 4.78 is 4.42. The molecule has 1 aromatic rings. The number of aliphatic carboxylic acids is 1. The fourth-order valence-electron chi connectivity index (χ4n) is 3.87. The second-order valence-electron chi connectivity index (χ2n) is 9.43. The molecule has 2 amide bonds. The maximum Gasteiger partial charge on any atom is 0.334 e. The van der Waals surface area contributed by atoms with Gasteiger partial charge in [-0.15, -0.1) is 11.8 Å². The molecule has 9 heteroatoms. The highest BCUT2D eigenvalue weighted by atomic mass is 32.2. The minimum Gasteiger partial charge on any atom is -0.479 e. The van der Waals surface area contributed by atoms with Gasteiger partial charge in [0, 0.05) is 0 Å². The van der Waals surface area contributed by atoms with Gasteiger partial charge in [-0.1, -0.05) is 30.3 Å². The lowest BCUT2D eigenvalue weighted by Gasteiger charge is -2.49. The number of fused-ring (bicyclic) bond motifs is 1. The van der Waals surface area contributed by atoms with E-state index in [-0.39, 0.29) is 12.3 Å². The van der Waals surface area contributed by atoms with Crippen LogP contribution in [-0.4, -0.2) is 62.1 Å². The van der Waals surface area contributed by atoms with Gasteiger partial charge < -0.3 is 20.1 Å². The molecule has 0 saturated carbocycles. The van der Waals surface area contributed by atoms with Crippen molar-refractivity contribution < 1.29 is 29.0 Å². The molecule has 0 aromatic heterocycles. The van der Waals surface area contributed by atoms with Crippen LogP contribution in [0.4, 0.5) is 0 Å². The van der Waals surface area contributed by atoms with E-state index in [2.05, 4.69) is 5.32 Å². The highest BCUT2D eigenvalue weighted by Crippen LogP contribution is 2.57. The topological polar surface area (TPSA) is 113 Å². The number of β-lactam (4-membered cyclic amide) rings is 1. The monoisotopic (exact) mass is 448 g/mol. The van der Waals surface area contributed by atoms with Crippen LogP contribution in [0.25, 0.3) is 0 Å². The largest absolute Gasteiger partial charge is 0.479 e. The molecule has 2 saturated heterocycles. The molecule has 2 aliphatic rings. The third kappa shape index (κ3) is 3.91. The van der Waals surface area contributed by atoms with Crippen molar-refractivity contribution in [3.63, 3.8) is 0 Å². The number of nitrogens with one attached hydrogen (secondary N) is 1. The first kappa shape index (κ1) is 23.1. The van der Waals surface area contributed by atoms with Crippen molar-refractivity contribution in [1.29, 1.82) is 0 Å². The molecule has 8 nitrogen and oxygen atoms in total. The summed E-state index contributed by atoms with van der Waals surface area (Å²) in [4.78, 5) is 51.4. The van der Waals surface area contributed by atoms with E-state index in [1.54, 1.807) is 34.6 Å². The molecule has 1 aromatic carbocycles. The zero-order valence-electron chi connectivity index (χ0n) is 18.3. The molecule has 0 aliphatic carbocycles. The number of carboxylic acid groups (broad SMARTS) is 1. The van der Waals surface area contributed by atoms with E-state index < -0.39 is 51.6 Å². The number of rotatable bonds is 6. The number of nitrogens with zero attached hydrogens (tertiary/aromatic N) is 1. The summed E-state index contributed by atoms with van der Waals surface area (Å²) in [6, 6.07) is 8.33. The molecule has 2 fully saturated rings. The Morgan fingerprint density at radius 3 is 2.35 bits per heavy atom. The van der Waals surface area contributed by atoms with Crippen LogP contribution < -0.4 is 5.32 Å².